The molecule has 1 saturated heterocycles. The molecule has 2 N–H and O–H groups in total. The maximum Gasteiger partial charge on any atom is 0.255 e. The van der Waals surface area contributed by atoms with Crippen LogP contribution in [0.4, 0.5) is 15.8 Å². The van der Waals surface area contributed by atoms with Crippen LogP contribution in [0.3, 0.4) is 0 Å². The number of benzene rings is 2. The van der Waals surface area contributed by atoms with Gasteiger partial charge in [-0.15, -0.1) is 0 Å². The fourth-order valence-corrected chi connectivity index (χ4v) is 4.20. The molecule has 2 aromatic rings. The molecule has 0 radical (unpaired) electrons. The van der Waals surface area contributed by atoms with Crippen LogP contribution in [0.25, 0.3) is 0 Å². The standard InChI is InChI=1S/C20H24FN3O4S/c1-3-22-29(26,27)16-6-4-14(2)17(13-16)20(25)23-15-5-7-19(18(21)12-15)24-8-10-28-11-9-24/h4-7,12-13,22H,3,8-11H2,1-2H3,(H,23,25). The van der Waals surface area contributed by atoms with Crippen molar-refractivity contribution in [2.45, 2.75) is 18.7 Å². The summed E-state index contributed by atoms with van der Waals surface area (Å²) in [4.78, 5) is 14.6. The van der Waals surface area contributed by atoms with Crippen molar-refractivity contribution in [3.05, 3.63) is 53.3 Å². The van der Waals surface area contributed by atoms with Crippen LogP contribution in [0.1, 0.15) is 22.8 Å². The lowest BCUT2D eigenvalue weighted by molar-refractivity contribution is 0.102. The van der Waals surface area contributed by atoms with E-state index in [1.807, 2.05) is 4.90 Å². The van der Waals surface area contributed by atoms with Crippen molar-refractivity contribution in [3.63, 3.8) is 0 Å². The molecule has 0 aromatic heterocycles. The van der Waals surface area contributed by atoms with Gasteiger partial charge < -0.3 is 15.0 Å². The van der Waals surface area contributed by atoms with E-state index in [0.717, 1.165) is 0 Å². The van der Waals surface area contributed by atoms with Crippen LogP contribution < -0.4 is 14.9 Å². The van der Waals surface area contributed by atoms with E-state index in [1.54, 1.807) is 32.0 Å². The number of hydrogen-bond donors (Lipinski definition) is 2. The summed E-state index contributed by atoms with van der Waals surface area (Å²) < 4.78 is 46.6. The van der Waals surface area contributed by atoms with Crippen LogP contribution in [0.5, 0.6) is 0 Å². The van der Waals surface area contributed by atoms with Crippen LogP contribution in [-0.2, 0) is 14.8 Å². The fraction of sp³-hybridized carbons (Fsp3) is 0.350. The first-order chi connectivity index (χ1) is 13.8. The van der Waals surface area contributed by atoms with Crippen molar-refractivity contribution in [2.75, 3.05) is 43.1 Å². The highest BCUT2D eigenvalue weighted by molar-refractivity contribution is 7.89. The number of sulfonamides is 1. The quantitative estimate of drug-likeness (QED) is 0.748. The number of halogens is 1. The SMILES string of the molecule is CCNS(=O)(=O)c1ccc(C)c(C(=O)Nc2ccc(N3CCOCC3)c(F)c2)c1. The van der Waals surface area contributed by atoms with Gasteiger partial charge in [-0.3, -0.25) is 4.79 Å². The van der Waals surface area contributed by atoms with Gasteiger partial charge in [0, 0.05) is 30.9 Å². The molecule has 0 atom stereocenters. The zero-order valence-electron chi connectivity index (χ0n) is 16.4. The number of carbonyl (C=O) groups is 1. The Balaban J connectivity index is 1.80. The Bertz CT molecular complexity index is 1000. The number of nitrogens with one attached hydrogen (secondary N) is 2. The lowest BCUT2D eigenvalue weighted by Gasteiger charge is -2.29. The first-order valence-electron chi connectivity index (χ1n) is 9.35. The number of amides is 1. The van der Waals surface area contributed by atoms with Gasteiger partial charge in [-0.05, 0) is 42.8 Å². The number of aryl methyl sites for hydroxylation is 1. The lowest BCUT2D eigenvalue weighted by atomic mass is 10.1. The van der Waals surface area contributed by atoms with E-state index in [0.29, 0.717) is 43.2 Å². The Labute approximate surface area is 169 Å². The van der Waals surface area contributed by atoms with E-state index in [9.17, 15) is 17.6 Å². The lowest BCUT2D eigenvalue weighted by Crippen LogP contribution is -2.36. The second-order valence-corrected chi connectivity index (χ2v) is 8.46. The topological polar surface area (TPSA) is 87.7 Å². The average Bonchev–Trinajstić information content (AvgIpc) is 2.69. The summed E-state index contributed by atoms with van der Waals surface area (Å²) in [6.45, 7) is 5.93. The van der Waals surface area contributed by atoms with E-state index in [1.165, 1.54) is 18.2 Å². The molecule has 0 saturated carbocycles. The largest absolute Gasteiger partial charge is 0.378 e. The normalized spacial score (nSPS) is 14.7. The molecule has 0 bridgehead atoms. The molecule has 9 heteroatoms. The third-order valence-electron chi connectivity index (χ3n) is 4.66. The van der Waals surface area contributed by atoms with Crippen LogP contribution in [-0.4, -0.2) is 47.2 Å². The molecular formula is C20H24FN3O4S. The molecule has 156 valence electrons. The maximum absolute atomic E-state index is 14.6. The van der Waals surface area contributed by atoms with E-state index >= 15 is 0 Å². The number of rotatable bonds is 6. The number of morpholine rings is 1. The van der Waals surface area contributed by atoms with Gasteiger partial charge in [0.1, 0.15) is 5.82 Å². The molecule has 7 nitrogen and oxygen atoms in total. The monoisotopic (exact) mass is 421 g/mol. The van der Waals surface area contributed by atoms with E-state index < -0.39 is 21.7 Å². The Hall–Kier alpha value is -2.49. The van der Waals surface area contributed by atoms with Gasteiger partial charge >= 0.3 is 0 Å². The van der Waals surface area contributed by atoms with Crippen molar-refractivity contribution in [1.82, 2.24) is 4.72 Å². The molecule has 0 aliphatic carbocycles. The first kappa shape index (κ1) is 21.2. The maximum atomic E-state index is 14.6. The number of nitrogens with zero attached hydrogens (tertiary/aromatic N) is 1. The molecule has 0 spiro atoms. The van der Waals surface area contributed by atoms with Gasteiger partial charge in [-0.2, -0.15) is 0 Å². The number of ether oxygens (including phenoxy) is 1. The summed E-state index contributed by atoms with van der Waals surface area (Å²) in [6, 6.07) is 8.84. The van der Waals surface area contributed by atoms with Crippen molar-refractivity contribution in [2.24, 2.45) is 0 Å². The van der Waals surface area contributed by atoms with Crippen LogP contribution >= 0.6 is 0 Å². The van der Waals surface area contributed by atoms with Crippen molar-refractivity contribution in [1.29, 1.82) is 0 Å². The number of carbonyl (C=O) groups excluding carboxylic acids is 1. The highest BCUT2D eigenvalue weighted by Crippen LogP contribution is 2.24. The van der Waals surface area contributed by atoms with Crippen LogP contribution in [0.15, 0.2) is 41.3 Å². The molecule has 1 fully saturated rings. The van der Waals surface area contributed by atoms with Gasteiger partial charge in [0.2, 0.25) is 10.0 Å². The smallest absolute Gasteiger partial charge is 0.255 e. The molecule has 1 aliphatic heterocycles. The summed E-state index contributed by atoms with van der Waals surface area (Å²) in [6.07, 6.45) is 0. The zero-order valence-corrected chi connectivity index (χ0v) is 17.2. The van der Waals surface area contributed by atoms with E-state index in [-0.39, 0.29) is 17.0 Å². The van der Waals surface area contributed by atoms with Gasteiger partial charge in [-0.1, -0.05) is 13.0 Å². The summed E-state index contributed by atoms with van der Waals surface area (Å²) in [5.74, 6) is -0.945. The van der Waals surface area contributed by atoms with Gasteiger partial charge in [0.15, 0.2) is 0 Å². The molecule has 1 aliphatic rings. The van der Waals surface area contributed by atoms with Crippen LogP contribution in [0, 0.1) is 12.7 Å². The third-order valence-corrected chi connectivity index (χ3v) is 6.20. The molecule has 1 amide bonds. The van der Waals surface area contributed by atoms with Gasteiger partial charge in [0.05, 0.1) is 23.8 Å². The number of anilines is 2. The van der Waals surface area contributed by atoms with Crippen molar-refractivity contribution in [3.8, 4) is 0 Å². The molecular weight excluding hydrogens is 397 g/mol. The van der Waals surface area contributed by atoms with Crippen molar-refractivity contribution < 1.29 is 22.3 Å². The highest BCUT2D eigenvalue weighted by Gasteiger charge is 2.19. The van der Waals surface area contributed by atoms with E-state index in [2.05, 4.69) is 10.0 Å². The zero-order chi connectivity index (χ0) is 21.0. The van der Waals surface area contributed by atoms with Crippen molar-refractivity contribution >= 4 is 27.3 Å². The first-order valence-corrected chi connectivity index (χ1v) is 10.8. The Morgan fingerprint density at radius 3 is 2.55 bits per heavy atom. The molecule has 1 heterocycles. The minimum Gasteiger partial charge on any atom is -0.378 e. The Morgan fingerprint density at radius 2 is 1.90 bits per heavy atom. The van der Waals surface area contributed by atoms with Gasteiger partial charge in [0.25, 0.3) is 5.91 Å². The minimum atomic E-state index is -3.69. The highest BCUT2D eigenvalue weighted by atomic mass is 32.2. The predicted molar refractivity (Wildman–Crippen MR) is 109 cm³/mol. The summed E-state index contributed by atoms with van der Waals surface area (Å²) >= 11 is 0. The molecule has 29 heavy (non-hydrogen) atoms. The van der Waals surface area contributed by atoms with Crippen LogP contribution in [0.2, 0.25) is 0 Å². The van der Waals surface area contributed by atoms with E-state index in [4.69, 9.17) is 4.74 Å². The minimum absolute atomic E-state index is 0.00365. The molecule has 3 rings (SSSR count). The average molecular weight is 421 g/mol. The molecule has 0 unspecified atom stereocenters. The predicted octanol–water partition coefficient (Wildman–Crippen LogP) is 2.52. The second kappa shape index (κ2) is 8.89. The Kier molecular flexibility index (Phi) is 6.51. The second-order valence-electron chi connectivity index (χ2n) is 6.70. The summed E-state index contributed by atoms with van der Waals surface area (Å²) in [5, 5.41) is 2.64. The summed E-state index contributed by atoms with van der Waals surface area (Å²) in [7, 11) is -3.69. The fourth-order valence-electron chi connectivity index (χ4n) is 3.13. The summed E-state index contributed by atoms with van der Waals surface area (Å²) in [5.41, 5.74) is 1.58. The number of hydrogen-bond acceptors (Lipinski definition) is 5. The Morgan fingerprint density at radius 1 is 1.17 bits per heavy atom. The van der Waals surface area contributed by atoms with Gasteiger partial charge in [-0.25, -0.2) is 17.5 Å². The molecule has 2 aromatic carbocycles. The third kappa shape index (κ3) is 4.92.